The number of amides is 1. The lowest BCUT2D eigenvalue weighted by molar-refractivity contribution is -0.120. The summed E-state index contributed by atoms with van der Waals surface area (Å²) in [6, 6.07) is 10.1. The van der Waals surface area contributed by atoms with Gasteiger partial charge in [-0.2, -0.15) is 0 Å². The number of allylic oxidation sites excluding steroid dienone is 2. The number of carbonyl (C=O) groups is 1. The van der Waals surface area contributed by atoms with Crippen LogP contribution in [0.3, 0.4) is 0 Å². The van der Waals surface area contributed by atoms with Gasteiger partial charge in [-0.25, -0.2) is 0 Å². The number of nitrogens with one attached hydrogen (secondary N) is 1. The van der Waals surface area contributed by atoms with Crippen LogP contribution in [0.25, 0.3) is 0 Å². The molecule has 96 valence electrons. The molecular weight excluding hydrogens is 242 g/mol. The van der Waals surface area contributed by atoms with Crippen LogP contribution in [0.1, 0.15) is 25.7 Å². The predicted molar refractivity (Wildman–Crippen MR) is 76.7 cm³/mol. The number of rotatable bonds is 2. The van der Waals surface area contributed by atoms with Gasteiger partial charge in [0.15, 0.2) is 0 Å². The summed E-state index contributed by atoms with van der Waals surface area (Å²) in [5.41, 5.74) is 0. The summed E-state index contributed by atoms with van der Waals surface area (Å²) in [5, 5.41) is 3.02. The van der Waals surface area contributed by atoms with E-state index in [0.29, 0.717) is 0 Å². The zero-order chi connectivity index (χ0) is 12.6. The highest BCUT2D eigenvalue weighted by molar-refractivity contribution is 8.00. The van der Waals surface area contributed by atoms with Crippen LogP contribution in [0.5, 0.6) is 0 Å². The molecule has 18 heavy (non-hydrogen) atoms. The van der Waals surface area contributed by atoms with Crippen molar-refractivity contribution in [3.63, 3.8) is 0 Å². The Hall–Kier alpha value is -1.22. The van der Waals surface area contributed by atoms with Crippen molar-refractivity contribution in [2.75, 3.05) is 6.54 Å². The summed E-state index contributed by atoms with van der Waals surface area (Å²) in [5.74, 6) is 0.162. The molecule has 3 heteroatoms. The van der Waals surface area contributed by atoms with Gasteiger partial charge in [0.1, 0.15) is 0 Å². The number of thioether (sulfide) groups is 1. The molecule has 0 aliphatic carbocycles. The Morgan fingerprint density at radius 3 is 2.78 bits per heavy atom. The van der Waals surface area contributed by atoms with Crippen LogP contribution in [-0.4, -0.2) is 17.7 Å². The van der Waals surface area contributed by atoms with Crippen molar-refractivity contribution in [1.82, 2.24) is 5.32 Å². The molecule has 2 rings (SSSR count). The van der Waals surface area contributed by atoms with Crippen molar-refractivity contribution in [3.05, 3.63) is 42.5 Å². The average molecular weight is 261 g/mol. The zero-order valence-electron chi connectivity index (χ0n) is 10.5. The summed E-state index contributed by atoms with van der Waals surface area (Å²) in [6.45, 7) is 0.804. The van der Waals surface area contributed by atoms with E-state index in [1.165, 1.54) is 0 Å². The monoisotopic (exact) mass is 261 g/mol. The lowest BCUT2D eigenvalue weighted by Gasteiger charge is -2.16. The lowest BCUT2D eigenvalue weighted by Crippen LogP contribution is -2.33. The van der Waals surface area contributed by atoms with E-state index in [1.54, 1.807) is 11.8 Å². The maximum Gasteiger partial charge on any atom is 0.233 e. The number of hydrogen-bond acceptors (Lipinski definition) is 2. The summed E-state index contributed by atoms with van der Waals surface area (Å²) < 4.78 is 0. The van der Waals surface area contributed by atoms with Gasteiger partial charge in [0.25, 0.3) is 0 Å². The van der Waals surface area contributed by atoms with Crippen LogP contribution in [0.4, 0.5) is 0 Å². The average Bonchev–Trinajstić information content (AvgIpc) is 2.41. The molecule has 0 radical (unpaired) electrons. The van der Waals surface area contributed by atoms with Crippen molar-refractivity contribution >= 4 is 17.7 Å². The summed E-state index contributed by atoms with van der Waals surface area (Å²) in [6.07, 6.45) is 8.51. The fraction of sp³-hybridized carbons (Fsp3) is 0.400. The Labute approximate surface area is 113 Å². The zero-order valence-corrected chi connectivity index (χ0v) is 11.3. The molecule has 1 N–H and O–H groups in total. The van der Waals surface area contributed by atoms with Gasteiger partial charge in [-0.3, -0.25) is 4.79 Å². The summed E-state index contributed by atoms with van der Waals surface area (Å²) in [7, 11) is 0. The third kappa shape index (κ3) is 4.22. The highest BCUT2D eigenvalue weighted by Gasteiger charge is 2.18. The van der Waals surface area contributed by atoms with Gasteiger partial charge in [-0.1, -0.05) is 30.4 Å². The van der Waals surface area contributed by atoms with Crippen molar-refractivity contribution in [1.29, 1.82) is 0 Å². The third-order valence-electron chi connectivity index (χ3n) is 2.93. The summed E-state index contributed by atoms with van der Waals surface area (Å²) in [4.78, 5) is 13.2. The number of hydrogen-bond donors (Lipinski definition) is 1. The molecule has 0 aromatic heterocycles. The van der Waals surface area contributed by atoms with Crippen LogP contribution in [-0.2, 0) is 4.79 Å². The second-order valence-corrected chi connectivity index (χ2v) is 5.69. The maximum atomic E-state index is 12.1. The number of carbonyl (C=O) groups excluding carboxylic acids is 1. The minimum absolute atomic E-state index is 0.0123. The van der Waals surface area contributed by atoms with Crippen molar-refractivity contribution in [2.45, 2.75) is 35.8 Å². The van der Waals surface area contributed by atoms with Gasteiger partial charge in [0.2, 0.25) is 5.91 Å². The molecule has 0 fully saturated rings. The Morgan fingerprint density at radius 1 is 1.11 bits per heavy atom. The van der Waals surface area contributed by atoms with E-state index in [0.717, 1.165) is 37.1 Å². The van der Waals surface area contributed by atoms with E-state index in [9.17, 15) is 4.79 Å². The lowest BCUT2D eigenvalue weighted by atomic mass is 10.1. The Kier molecular flexibility index (Phi) is 5.34. The van der Waals surface area contributed by atoms with E-state index >= 15 is 0 Å². The van der Waals surface area contributed by atoms with Crippen LogP contribution in [0.2, 0.25) is 0 Å². The van der Waals surface area contributed by atoms with Gasteiger partial charge < -0.3 is 5.32 Å². The molecule has 0 spiro atoms. The molecule has 1 aromatic rings. The van der Waals surface area contributed by atoms with Gasteiger partial charge in [-0.05, 0) is 37.8 Å². The smallest absolute Gasteiger partial charge is 0.233 e. The Balaban J connectivity index is 2.02. The van der Waals surface area contributed by atoms with Gasteiger partial charge in [-0.15, -0.1) is 11.8 Å². The molecule has 2 nitrogen and oxygen atoms in total. The van der Waals surface area contributed by atoms with Crippen molar-refractivity contribution in [2.24, 2.45) is 0 Å². The third-order valence-corrected chi connectivity index (χ3v) is 4.16. The van der Waals surface area contributed by atoms with Crippen LogP contribution in [0, 0.1) is 0 Å². The SMILES string of the molecule is O=C1NCCCC/C=C/C[C@@H]1Sc1ccccc1. The molecule has 1 amide bonds. The van der Waals surface area contributed by atoms with Crippen molar-refractivity contribution < 1.29 is 4.79 Å². The molecular formula is C15H19NOS. The molecule has 0 saturated carbocycles. The molecule has 1 aliphatic rings. The fourth-order valence-electron chi connectivity index (χ4n) is 1.92. The molecule has 1 aliphatic heterocycles. The predicted octanol–water partition coefficient (Wildman–Crippen LogP) is 3.39. The Bertz CT molecular complexity index is 402. The first-order valence-electron chi connectivity index (χ1n) is 6.50. The highest BCUT2D eigenvalue weighted by Crippen LogP contribution is 2.26. The van der Waals surface area contributed by atoms with Gasteiger partial charge >= 0.3 is 0 Å². The van der Waals surface area contributed by atoms with E-state index in [2.05, 4.69) is 29.6 Å². The maximum absolute atomic E-state index is 12.1. The fourth-order valence-corrected chi connectivity index (χ4v) is 2.96. The van der Waals surface area contributed by atoms with E-state index in [-0.39, 0.29) is 11.2 Å². The quantitative estimate of drug-likeness (QED) is 0.827. The van der Waals surface area contributed by atoms with E-state index < -0.39 is 0 Å². The number of benzene rings is 1. The normalized spacial score (nSPS) is 23.1. The second kappa shape index (κ2) is 7.27. The second-order valence-electron chi connectivity index (χ2n) is 4.41. The van der Waals surface area contributed by atoms with Gasteiger partial charge in [0, 0.05) is 11.4 Å². The largest absolute Gasteiger partial charge is 0.355 e. The standard InChI is InChI=1S/C15H19NOS/c17-15-14(18-13-9-5-4-6-10-13)11-7-2-1-3-8-12-16-15/h2,4-7,9-10,14H,1,3,8,11-12H2,(H,16,17)/b7-2+/t14-/m0/s1. The molecule has 1 atom stereocenters. The minimum Gasteiger partial charge on any atom is -0.355 e. The summed E-state index contributed by atoms with van der Waals surface area (Å²) >= 11 is 1.65. The van der Waals surface area contributed by atoms with Crippen molar-refractivity contribution in [3.8, 4) is 0 Å². The van der Waals surface area contributed by atoms with E-state index in [1.807, 2.05) is 18.2 Å². The molecule has 0 bridgehead atoms. The first-order chi connectivity index (χ1) is 8.86. The molecule has 0 unspecified atom stereocenters. The van der Waals surface area contributed by atoms with Crippen LogP contribution >= 0.6 is 11.8 Å². The molecule has 1 heterocycles. The molecule has 0 saturated heterocycles. The first-order valence-corrected chi connectivity index (χ1v) is 7.38. The van der Waals surface area contributed by atoms with Crippen LogP contribution in [0.15, 0.2) is 47.4 Å². The van der Waals surface area contributed by atoms with Crippen LogP contribution < -0.4 is 5.32 Å². The molecule has 1 aromatic carbocycles. The first kappa shape index (κ1) is 13.2. The Morgan fingerprint density at radius 2 is 1.94 bits per heavy atom. The van der Waals surface area contributed by atoms with Gasteiger partial charge in [0.05, 0.1) is 5.25 Å². The van der Waals surface area contributed by atoms with E-state index in [4.69, 9.17) is 0 Å². The topological polar surface area (TPSA) is 29.1 Å². The minimum atomic E-state index is -0.0123. The highest BCUT2D eigenvalue weighted by atomic mass is 32.2.